The highest BCUT2D eigenvalue weighted by atomic mass is 32.1. The van der Waals surface area contributed by atoms with Gasteiger partial charge in [0.2, 0.25) is 0 Å². The standard InChI is InChI=1S/C19H18FNO3S/c1-19(23,17-10-12-5-3-4-6-16(12)25-17)11-21-18(22)13-7-8-15(24-2)14(20)9-13/h3-10,23H,11H2,1-2H3,(H,21,22)/t19-/m0/s1. The maximum absolute atomic E-state index is 13.7. The molecule has 6 heteroatoms. The second-order valence-electron chi connectivity index (χ2n) is 5.95. The maximum Gasteiger partial charge on any atom is 0.251 e. The number of carbonyl (C=O) groups is 1. The van der Waals surface area contributed by atoms with E-state index in [1.165, 1.54) is 30.6 Å². The van der Waals surface area contributed by atoms with Gasteiger partial charge in [0.15, 0.2) is 11.6 Å². The fourth-order valence-electron chi connectivity index (χ4n) is 2.50. The number of hydrogen-bond donors (Lipinski definition) is 2. The lowest BCUT2D eigenvalue weighted by Crippen LogP contribution is -2.38. The molecule has 0 unspecified atom stereocenters. The van der Waals surface area contributed by atoms with Crippen LogP contribution in [0.4, 0.5) is 4.39 Å². The summed E-state index contributed by atoms with van der Waals surface area (Å²) >= 11 is 1.48. The van der Waals surface area contributed by atoms with Crippen LogP contribution >= 0.6 is 11.3 Å². The fourth-order valence-corrected chi connectivity index (χ4v) is 3.60. The number of benzene rings is 2. The third-order valence-corrected chi connectivity index (χ3v) is 5.33. The van der Waals surface area contributed by atoms with Gasteiger partial charge in [0, 0.05) is 15.1 Å². The maximum atomic E-state index is 13.7. The first kappa shape index (κ1) is 17.4. The summed E-state index contributed by atoms with van der Waals surface area (Å²) in [5.41, 5.74) is -1.05. The summed E-state index contributed by atoms with van der Waals surface area (Å²) in [4.78, 5) is 13.0. The lowest BCUT2D eigenvalue weighted by molar-refractivity contribution is 0.0557. The van der Waals surface area contributed by atoms with Gasteiger partial charge in [-0.3, -0.25) is 4.79 Å². The Bertz CT molecular complexity index is 887. The van der Waals surface area contributed by atoms with Gasteiger partial charge in [0.05, 0.1) is 13.7 Å². The molecule has 1 amide bonds. The van der Waals surface area contributed by atoms with Crippen molar-refractivity contribution >= 4 is 27.3 Å². The van der Waals surface area contributed by atoms with Crippen LogP contribution in [-0.4, -0.2) is 24.7 Å². The van der Waals surface area contributed by atoms with Crippen molar-refractivity contribution in [1.82, 2.24) is 5.32 Å². The minimum absolute atomic E-state index is 0.0201. The molecule has 2 aromatic carbocycles. The van der Waals surface area contributed by atoms with Crippen LogP contribution in [0.5, 0.6) is 5.75 Å². The van der Waals surface area contributed by atoms with Gasteiger partial charge >= 0.3 is 0 Å². The van der Waals surface area contributed by atoms with Crippen LogP contribution in [0.15, 0.2) is 48.5 Å². The lowest BCUT2D eigenvalue weighted by atomic mass is 10.0. The van der Waals surface area contributed by atoms with Crippen molar-refractivity contribution in [1.29, 1.82) is 0 Å². The van der Waals surface area contributed by atoms with E-state index >= 15 is 0 Å². The number of amides is 1. The number of methoxy groups -OCH3 is 1. The number of halogens is 1. The fraction of sp³-hybridized carbons (Fsp3) is 0.211. The van der Waals surface area contributed by atoms with E-state index < -0.39 is 17.3 Å². The van der Waals surface area contributed by atoms with Crippen LogP contribution in [0.1, 0.15) is 22.2 Å². The number of aliphatic hydroxyl groups is 1. The third kappa shape index (κ3) is 3.65. The Kier molecular flexibility index (Phi) is 4.74. The van der Waals surface area contributed by atoms with Crippen molar-refractivity contribution in [2.24, 2.45) is 0 Å². The molecule has 0 saturated heterocycles. The summed E-state index contributed by atoms with van der Waals surface area (Å²) in [5, 5.41) is 14.4. The van der Waals surface area contributed by atoms with Crippen LogP contribution in [0.25, 0.3) is 10.1 Å². The second-order valence-corrected chi connectivity index (χ2v) is 7.04. The van der Waals surface area contributed by atoms with Crippen molar-refractivity contribution in [3.63, 3.8) is 0 Å². The Balaban J connectivity index is 1.72. The highest BCUT2D eigenvalue weighted by molar-refractivity contribution is 7.19. The van der Waals surface area contributed by atoms with E-state index in [1.54, 1.807) is 6.92 Å². The van der Waals surface area contributed by atoms with Gasteiger partial charge in [-0.1, -0.05) is 18.2 Å². The van der Waals surface area contributed by atoms with Crippen LogP contribution in [0.3, 0.4) is 0 Å². The summed E-state index contributed by atoms with van der Waals surface area (Å²) in [6.45, 7) is 1.67. The first-order valence-electron chi connectivity index (χ1n) is 7.74. The molecule has 130 valence electrons. The summed E-state index contributed by atoms with van der Waals surface area (Å²) in [6, 6.07) is 13.7. The van der Waals surface area contributed by atoms with Crippen LogP contribution in [0, 0.1) is 5.82 Å². The van der Waals surface area contributed by atoms with E-state index in [0.717, 1.165) is 21.0 Å². The molecule has 2 N–H and O–H groups in total. The molecule has 0 fully saturated rings. The normalized spacial score (nSPS) is 13.4. The largest absolute Gasteiger partial charge is 0.494 e. The Morgan fingerprint density at radius 2 is 2.04 bits per heavy atom. The molecule has 0 aliphatic rings. The smallest absolute Gasteiger partial charge is 0.251 e. The molecule has 1 heterocycles. The second kappa shape index (κ2) is 6.82. The molecular weight excluding hydrogens is 341 g/mol. The minimum atomic E-state index is -1.22. The monoisotopic (exact) mass is 359 g/mol. The van der Waals surface area contributed by atoms with Gasteiger partial charge in [-0.25, -0.2) is 4.39 Å². The number of carbonyl (C=O) groups excluding carboxylic acids is 1. The molecule has 0 aliphatic carbocycles. The van der Waals surface area contributed by atoms with Crippen molar-refractivity contribution in [3.05, 3.63) is 64.8 Å². The lowest BCUT2D eigenvalue weighted by Gasteiger charge is -2.22. The summed E-state index contributed by atoms with van der Waals surface area (Å²) in [5.74, 6) is -0.983. The zero-order chi connectivity index (χ0) is 18.0. The molecule has 1 aromatic heterocycles. The Morgan fingerprint density at radius 3 is 2.72 bits per heavy atom. The summed E-state index contributed by atoms with van der Waals surface area (Å²) < 4.78 is 19.6. The average Bonchev–Trinajstić information content (AvgIpc) is 3.05. The average molecular weight is 359 g/mol. The zero-order valence-electron chi connectivity index (χ0n) is 13.9. The topological polar surface area (TPSA) is 58.6 Å². The van der Waals surface area contributed by atoms with Crippen molar-refractivity contribution in [2.75, 3.05) is 13.7 Å². The van der Waals surface area contributed by atoms with E-state index in [2.05, 4.69) is 5.32 Å². The molecule has 0 aliphatic heterocycles. The third-order valence-electron chi connectivity index (χ3n) is 3.96. The van der Waals surface area contributed by atoms with E-state index in [4.69, 9.17) is 4.74 Å². The van der Waals surface area contributed by atoms with Crippen LogP contribution in [-0.2, 0) is 5.60 Å². The van der Waals surface area contributed by atoms with Gasteiger partial charge in [0.25, 0.3) is 5.91 Å². The zero-order valence-corrected chi connectivity index (χ0v) is 14.7. The molecular formula is C19H18FNO3S. The van der Waals surface area contributed by atoms with Gasteiger partial charge < -0.3 is 15.2 Å². The van der Waals surface area contributed by atoms with Crippen molar-refractivity contribution in [2.45, 2.75) is 12.5 Å². The predicted octanol–water partition coefficient (Wildman–Crippen LogP) is 3.69. The predicted molar refractivity (Wildman–Crippen MR) is 96.7 cm³/mol. The quantitative estimate of drug-likeness (QED) is 0.730. The molecule has 0 saturated carbocycles. The molecule has 1 atom stereocenters. The molecule has 0 spiro atoms. The first-order valence-corrected chi connectivity index (χ1v) is 8.55. The first-order chi connectivity index (χ1) is 11.9. The van der Waals surface area contributed by atoms with Gasteiger partial charge in [-0.2, -0.15) is 0 Å². The summed E-state index contributed by atoms with van der Waals surface area (Å²) in [6.07, 6.45) is 0. The SMILES string of the molecule is COc1ccc(C(=O)NC[C@](C)(O)c2cc3ccccc3s2)cc1F. The van der Waals surface area contributed by atoms with Gasteiger partial charge in [-0.05, 0) is 42.6 Å². The molecule has 4 nitrogen and oxygen atoms in total. The molecule has 25 heavy (non-hydrogen) atoms. The Hall–Kier alpha value is -2.44. The summed E-state index contributed by atoms with van der Waals surface area (Å²) in [7, 11) is 1.36. The van der Waals surface area contributed by atoms with E-state index in [1.807, 2.05) is 30.3 Å². The number of fused-ring (bicyclic) bond motifs is 1. The minimum Gasteiger partial charge on any atom is -0.494 e. The van der Waals surface area contributed by atoms with Gasteiger partial charge in [0.1, 0.15) is 5.60 Å². The highest BCUT2D eigenvalue weighted by Gasteiger charge is 2.26. The number of thiophene rings is 1. The molecule has 0 radical (unpaired) electrons. The number of ether oxygens (including phenoxy) is 1. The number of rotatable bonds is 5. The van der Waals surface area contributed by atoms with E-state index in [0.29, 0.717) is 0 Å². The Morgan fingerprint density at radius 1 is 1.28 bits per heavy atom. The highest BCUT2D eigenvalue weighted by Crippen LogP contribution is 2.32. The van der Waals surface area contributed by atoms with Crippen LogP contribution < -0.4 is 10.1 Å². The van der Waals surface area contributed by atoms with E-state index in [9.17, 15) is 14.3 Å². The van der Waals surface area contributed by atoms with Crippen molar-refractivity contribution < 1.29 is 19.0 Å². The molecule has 3 aromatic rings. The van der Waals surface area contributed by atoms with Crippen molar-refractivity contribution in [3.8, 4) is 5.75 Å². The number of hydrogen-bond acceptors (Lipinski definition) is 4. The Labute approximate surface area is 148 Å². The van der Waals surface area contributed by atoms with Gasteiger partial charge in [-0.15, -0.1) is 11.3 Å². The van der Waals surface area contributed by atoms with E-state index in [-0.39, 0.29) is 17.9 Å². The number of nitrogens with one attached hydrogen (secondary N) is 1. The van der Waals surface area contributed by atoms with Crippen LogP contribution in [0.2, 0.25) is 0 Å². The molecule has 3 rings (SSSR count). The molecule has 0 bridgehead atoms.